The molecule has 1 N–H and O–H groups in total. The minimum absolute atomic E-state index is 0.0449. The number of carbonyl (C=O) groups is 2. The van der Waals surface area contributed by atoms with E-state index in [0.29, 0.717) is 48.8 Å². The van der Waals surface area contributed by atoms with Crippen molar-refractivity contribution >= 4 is 11.9 Å². The number of hydrogen-bond donors (Lipinski definition) is 1. The topological polar surface area (TPSA) is 124 Å². The number of oxazole rings is 1. The van der Waals surface area contributed by atoms with Crippen LogP contribution in [0.15, 0.2) is 41.1 Å². The van der Waals surface area contributed by atoms with Gasteiger partial charge in [-0.3, -0.25) is 4.79 Å². The molecule has 0 aliphatic carbocycles. The first kappa shape index (κ1) is 21.2. The van der Waals surface area contributed by atoms with Crippen LogP contribution in [0.1, 0.15) is 38.9 Å². The predicted molar refractivity (Wildman–Crippen MR) is 105 cm³/mol. The molecule has 0 fully saturated rings. The maximum Gasteiger partial charge on any atom is 0.360 e. The molecule has 0 saturated heterocycles. The van der Waals surface area contributed by atoms with Gasteiger partial charge in [0.05, 0.1) is 30.8 Å². The number of methoxy groups -OCH3 is 1. The Morgan fingerprint density at radius 2 is 1.93 bits per heavy atom. The first-order valence-corrected chi connectivity index (χ1v) is 9.45. The average Bonchev–Trinajstić information content (AvgIpc) is 3.43. The normalized spacial score (nSPS) is 10.8. The second-order valence-corrected chi connectivity index (χ2v) is 6.46. The molecule has 0 bridgehead atoms. The van der Waals surface area contributed by atoms with Crippen LogP contribution in [0, 0.1) is 6.92 Å². The molecule has 0 atom stereocenters. The largest absolute Gasteiger partial charge is 0.464 e. The molecule has 158 valence electrons. The van der Waals surface area contributed by atoms with E-state index in [-0.39, 0.29) is 18.2 Å². The lowest BCUT2D eigenvalue weighted by atomic mass is 10.1. The molecule has 0 unspecified atom stereocenters. The van der Waals surface area contributed by atoms with Crippen molar-refractivity contribution in [1.82, 2.24) is 24.9 Å². The number of aromatic nitrogens is 4. The lowest BCUT2D eigenvalue weighted by Gasteiger charge is -2.23. The Labute approximate surface area is 173 Å². The van der Waals surface area contributed by atoms with Gasteiger partial charge in [-0.2, -0.15) is 15.0 Å². The van der Waals surface area contributed by atoms with Crippen molar-refractivity contribution in [3.63, 3.8) is 0 Å². The Morgan fingerprint density at radius 1 is 1.20 bits per heavy atom. The zero-order valence-corrected chi connectivity index (χ0v) is 16.8. The van der Waals surface area contributed by atoms with Crippen molar-refractivity contribution in [3.05, 3.63) is 59.6 Å². The fourth-order valence-electron chi connectivity index (χ4n) is 2.99. The molecule has 1 aromatic carbocycles. The van der Waals surface area contributed by atoms with Crippen molar-refractivity contribution in [2.75, 3.05) is 26.8 Å². The van der Waals surface area contributed by atoms with Crippen LogP contribution in [0.2, 0.25) is 0 Å². The van der Waals surface area contributed by atoms with Gasteiger partial charge in [-0.25, -0.2) is 9.78 Å². The number of benzene rings is 1. The van der Waals surface area contributed by atoms with Gasteiger partial charge < -0.3 is 19.2 Å². The quantitative estimate of drug-likeness (QED) is 0.522. The molecule has 3 aromatic rings. The van der Waals surface area contributed by atoms with Crippen LogP contribution in [-0.4, -0.2) is 68.7 Å². The highest BCUT2D eigenvalue weighted by Crippen LogP contribution is 2.17. The van der Waals surface area contributed by atoms with E-state index < -0.39 is 5.97 Å². The maximum atomic E-state index is 13.3. The second-order valence-electron chi connectivity index (χ2n) is 6.46. The number of aliphatic hydroxyl groups is 1. The smallest absolute Gasteiger partial charge is 0.360 e. The van der Waals surface area contributed by atoms with Crippen LogP contribution < -0.4 is 0 Å². The van der Waals surface area contributed by atoms with Gasteiger partial charge in [0.15, 0.2) is 11.6 Å². The van der Waals surface area contributed by atoms with Crippen molar-refractivity contribution < 1.29 is 23.8 Å². The van der Waals surface area contributed by atoms with Crippen molar-refractivity contribution in [3.8, 4) is 5.69 Å². The third-order valence-electron chi connectivity index (χ3n) is 4.46. The summed E-state index contributed by atoms with van der Waals surface area (Å²) < 4.78 is 10.2. The lowest BCUT2D eigenvalue weighted by Crippen LogP contribution is -2.35. The van der Waals surface area contributed by atoms with E-state index >= 15 is 0 Å². The molecule has 0 aliphatic heterocycles. The Bertz CT molecular complexity index is 999. The van der Waals surface area contributed by atoms with Crippen LogP contribution in [0.4, 0.5) is 0 Å². The van der Waals surface area contributed by atoms with Gasteiger partial charge in [0, 0.05) is 26.1 Å². The zero-order chi connectivity index (χ0) is 21.5. The van der Waals surface area contributed by atoms with Crippen LogP contribution in [0.3, 0.4) is 0 Å². The summed E-state index contributed by atoms with van der Waals surface area (Å²) in [4.78, 5) is 32.1. The Kier molecular flexibility index (Phi) is 6.91. The number of esters is 1. The fraction of sp³-hybridized carbons (Fsp3) is 0.350. The number of aryl methyl sites for hydroxylation is 1. The van der Waals surface area contributed by atoms with E-state index in [1.54, 1.807) is 36.1 Å². The van der Waals surface area contributed by atoms with E-state index in [1.807, 2.05) is 0 Å². The van der Waals surface area contributed by atoms with Gasteiger partial charge in [0.25, 0.3) is 5.91 Å². The zero-order valence-electron chi connectivity index (χ0n) is 16.8. The number of hydrogen-bond acceptors (Lipinski definition) is 8. The Hall–Kier alpha value is -3.53. The van der Waals surface area contributed by atoms with Crippen molar-refractivity contribution in [1.29, 1.82) is 0 Å². The first-order chi connectivity index (χ1) is 14.5. The highest BCUT2D eigenvalue weighted by atomic mass is 16.5. The molecule has 10 nitrogen and oxygen atoms in total. The number of rotatable bonds is 9. The lowest BCUT2D eigenvalue weighted by molar-refractivity contribution is 0.0592. The molecular formula is C20H23N5O5. The molecule has 0 aliphatic rings. The molecule has 0 radical (unpaired) electrons. The van der Waals surface area contributed by atoms with Crippen LogP contribution in [0.25, 0.3) is 5.69 Å². The molecule has 0 spiro atoms. The standard InChI is InChI=1S/C20H23N5O5/c1-14-18(20(28)29-2)23-17(30-14)8-12-24(11-5-13-26)19(27)15-6-3-4-7-16(15)25-21-9-10-22-25/h3-4,6-7,9-10,26H,5,8,11-13H2,1-2H3. The molecule has 2 heterocycles. The summed E-state index contributed by atoms with van der Waals surface area (Å²) in [6, 6.07) is 7.04. The Balaban J connectivity index is 1.80. The third kappa shape index (κ3) is 4.71. The number of ether oxygens (including phenoxy) is 1. The number of para-hydroxylation sites is 1. The van der Waals surface area contributed by atoms with E-state index in [9.17, 15) is 14.7 Å². The highest BCUT2D eigenvalue weighted by molar-refractivity contribution is 5.97. The van der Waals surface area contributed by atoms with Gasteiger partial charge in [-0.05, 0) is 25.5 Å². The monoisotopic (exact) mass is 413 g/mol. The number of carbonyl (C=O) groups excluding carboxylic acids is 2. The SMILES string of the molecule is COC(=O)c1nc(CCN(CCCO)C(=O)c2ccccc2-n2nccn2)oc1C. The molecule has 1 amide bonds. The molecule has 0 saturated carbocycles. The van der Waals surface area contributed by atoms with Crippen molar-refractivity contribution in [2.24, 2.45) is 0 Å². The second kappa shape index (κ2) is 9.79. The minimum atomic E-state index is -0.573. The van der Waals surface area contributed by atoms with Gasteiger partial charge in [0.1, 0.15) is 5.76 Å². The van der Waals surface area contributed by atoms with E-state index in [4.69, 9.17) is 4.42 Å². The third-order valence-corrected chi connectivity index (χ3v) is 4.46. The summed E-state index contributed by atoms with van der Waals surface area (Å²) in [6.07, 6.45) is 3.80. The summed E-state index contributed by atoms with van der Waals surface area (Å²) in [6.45, 7) is 2.22. The van der Waals surface area contributed by atoms with Crippen LogP contribution in [-0.2, 0) is 11.2 Å². The molecule has 2 aromatic heterocycles. The summed E-state index contributed by atoms with van der Waals surface area (Å²) >= 11 is 0. The highest BCUT2D eigenvalue weighted by Gasteiger charge is 2.22. The summed E-state index contributed by atoms with van der Waals surface area (Å²) in [5.41, 5.74) is 1.11. The van der Waals surface area contributed by atoms with Crippen LogP contribution in [0.5, 0.6) is 0 Å². The number of amides is 1. The average molecular weight is 413 g/mol. The summed E-state index contributed by atoms with van der Waals surface area (Å²) in [7, 11) is 1.28. The van der Waals surface area contributed by atoms with Gasteiger partial charge in [0.2, 0.25) is 0 Å². The molecular weight excluding hydrogens is 390 g/mol. The maximum absolute atomic E-state index is 13.3. The molecule has 3 rings (SSSR count). The van der Waals surface area contributed by atoms with Gasteiger partial charge >= 0.3 is 5.97 Å². The predicted octanol–water partition coefficient (Wildman–Crippen LogP) is 1.42. The minimum Gasteiger partial charge on any atom is -0.464 e. The van der Waals surface area contributed by atoms with E-state index in [2.05, 4.69) is 19.9 Å². The fourth-order valence-corrected chi connectivity index (χ4v) is 2.99. The number of nitrogens with zero attached hydrogens (tertiary/aromatic N) is 5. The van der Waals surface area contributed by atoms with Gasteiger partial charge in [-0.15, -0.1) is 0 Å². The van der Waals surface area contributed by atoms with Gasteiger partial charge in [-0.1, -0.05) is 12.1 Å². The van der Waals surface area contributed by atoms with E-state index in [1.165, 1.54) is 24.3 Å². The number of aliphatic hydroxyl groups excluding tert-OH is 1. The molecule has 10 heteroatoms. The van der Waals surface area contributed by atoms with E-state index in [0.717, 1.165) is 0 Å². The van der Waals surface area contributed by atoms with Crippen LogP contribution >= 0.6 is 0 Å². The van der Waals surface area contributed by atoms with Crippen molar-refractivity contribution in [2.45, 2.75) is 19.8 Å². The molecule has 30 heavy (non-hydrogen) atoms. The summed E-state index contributed by atoms with van der Waals surface area (Å²) in [5.74, 6) is -0.110. The summed E-state index contributed by atoms with van der Waals surface area (Å²) in [5, 5.41) is 17.5. The first-order valence-electron chi connectivity index (χ1n) is 9.45. The Morgan fingerprint density at radius 3 is 2.63 bits per heavy atom.